The lowest BCUT2D eigenvalue weighted by molar-refractivity contribution is -0.160. The molecule has 0 aliphatic rings. The summed E-state index contributed by atoms with van der Waals surface area (Å²) in [6.07, 6.45) is -3.67. The normalized spacial score (nSPS) is 13.5. The maximum atomic E-state index is 11.6. The molecule has 0 heterocycles. The SMILES string of the molecule is CSC(C)CNC(=O)OCC(F)(F)F. The Morgan fingerprint density at radius 2 is 2.14 bits per heavy atom. The minimum Gasteiger partial charge on any atom is -0.440 e. The van der Waals surface area contributed by atoms with E-state index in [1.165, 1.54) is 11.8 Å². The zero-order valence-electron chi connectivity index (χ0n) is 7.85. The van der Waals surface area contributed by atoms with Crippen LogP contribution in [-0.2, 0) is 4.74 Å². The van der Waals surface area contributed by atoms with Gasteiger partial charge in [-0.25, -0.2) is 4.79 Å². The first kappa shape index (κ1) is 13.4. The summed E-state index contributed by atoms with van der Waals surface area (Å²) in [4.78, 5) is 10.7. The first-order valence-corrected chi connectivity index (χ1v) is 5.14. The van der Waals surface area contributed by atoms with Crippen molar-refractivity contribution in [2.45, 2.75) is 18.3 Å². The van der Waals surface area contributed by atoms with E-state index in [4.69, 9.17) is 0 Å². The molecule has 0 fully saturated rings. The summed E-state index contributed by atoms with van der Waals surface area (Å²) in [5.41, 5.74) is 0. The van der Waals surface area contributed by atoms with Gasteiger partial charge < -0.3 is 10.1 Å². The van der Waals surface area contributed by atoms with Crippen LogP contribution in [0.4, 0.5) is 18.0 Å². The summed E-state index contributed by atoms with van der Waals surface area (Å²) in [7, 11) is 0. The van der Waals surface area contributed by atoms with Gasteiger partial charge in [-0.2, -0.15) is 24.9 Å². The van der Waals surface area contributed by atoms with Crippen LogP contribution in [0.5, 0.6) is 0 Å². The van der Waals surface area contributed by atoms with Gasteiger partial charge in [0, 0.05) is 11.8 Å². The number of ether oxygens (including phenoxy) is 1. The molecule has 1 unspecified atom stereocenters. The summed E-state index contributed by atoms with van der Waals surface area (Å²) >= 11 is 1.50. The van der Waals surface area contributed by atoms with Crippen molar-refractivity contribution in [1.82, 2.24) is 5.32 Å². The quantitative estimate of drug-likeness (QED) is 0.804. The first-order chi connectivity index (χ1) is 6.35. The molecular formula is C7H12F3NO2S. The molecule has 0 aliphatic heterocycles. The fourth-order valence-electron chi connectivity index (χ4n) is 0.509. The molecule has 1 N–H and O–H groups in total. The van der Waals surface area contributed by atoms with Crippen LogP contribution in [-0.4, -0.2) is 36.9 Å². The standard InChI is InChI=1S/C7H12F3NO2S/c1-5(14-2)3-11-6(12)13-4-7(8,9)10/h5H,3-4H2,1-2H3,(H,11,12). The molecule has 0 aromatic heterocycles. The predicted molar refractivity (Wildman–Crippen MR) is 48.4 cm³/mol. The highest BCUT2D eigenvalue weighted by molar-refractivity contribution is 7.99. The molecule has 84 valence electrons. The van der Waals surface area contributed by atoms with Crippen LogP contribution in [0.2, 0.25) is 0 Å². The molecule has 0 spiro atoms. The molecule has 0 saturated heterocycles. The van der Waals surface area contributed by atoms with Crippen molar-refractivity contribution in [2.24, 2.45) is 0 Å². The fourth-order valence-corrected chi connectivity index (χ4v) is 0.759. The number of thioether (sulfide) groups is 1. The molecule has 1 amide bonds. The molecule has 7 heteroatoms. The van der Waals surface area contributed by atoms with Gasteiger partial charge in [0.05, 0.1) is 0 Å². The number of carbonyl (C=O) groups is 1. The number of hydrogen-bond donors (Lipinski definition) is 1. The number of alkyl carbamates (subject to hydrolysis) is 1. The number of carbonyl (C=O) groups excluding carboxylic acids is 1. The second-order valence-corrected chi connectivity index (χ2v) is 3.89. The van der Waals surface area contributed by atoms with Crippen LogP contribution >= 0.6 is 11.8 Å². The second-order valence-electron chi connectivity index (χ2n) is 2.62. The van der Waals surface area contributed by atoms with E-state index >= 15 is 0 Å². The van der Waals surface area contributed by atoms with Crippen LogP contribution in [0.25, 0.3) is 0 Å². The Morgan fingerprint density at radius 3 is 2.57 bits per heavy atom. The van der Waals surface area contributed by atoms with Gasteiger partial charge in [-0.05, 0) is 6.26 Å². The number of hydrogen-bond acceptors (Lipinski definition) is 3. The Labute approximate surface area is 84.4 Å². The van der Waals surface area contributed by atoms with Crippen molar-refractivity contribution in [2.75, 3.05) is 19.4 Å². The van der Waals surface area contributed by atoms with Crippen LogP contribution in [0.15, 0.2) is 0 Å². The van der Waals surface area contributed by atoms with Gasteiger partial charge in [0.15, 0.2) is 6.61 Å². The van der Waals surface area contributed by atoms with E-state index in [1.54, 1.807) is 0 Å². The molecule has 0 aliphatic carbocycles. The third-order valence-corrected chi connectivity index (χ3v) is 2.27. The van der Waals surface area contributed by atoms with Crippen molar-refractivity contribution in [3.05, 3.63) is 0 Å². The average Bonchev–Trinajstić information content (AvgIpc) is 2.09. The van der Waals surface area contributed by atoms with Gasteiger partial charge in [-0.15, -0.1) is 0 Å². The third kappa shape index (κ3) is 8.03. The van der Waals surface area contributed by atoms with Crippen molar-refractivity contribution >= 4 is 17.9 Å². The van der Waals surface area contributed by atoms with Crippen LogP contribution in [0.1, 0.15) is 6.92 Å². The molecule has 1 atom stereocenters. The molecule has 0 aromatic carbocycles. The highest BCUT2D eigenvalue weighted by Gasteiger charge is 2.29. The molecule has 3 nitrogen and oxygen atoms in total. The Balaban J connectivity index is 3.57. The smallest absolute Gasteiger partial charge is 0.422 e. The zero-order chi connectivity index (χ0) is 11.2. The number of halogens is 3. The summed E-state index contributed by atoms with van der Waals surface area (Å²) in [5, 5.41) is 2.37. The molecule has 0 saturated carbocycles. The van der Waals surface area contributed by atoms with Crippen molar-refractivity contribution in [3.63, 3.8) is 0 Å². The topological polar surface area (TPSA) is 38.3 Å². The van der Waals surface area contributed by atoms with E-state index in [1.807, 2.05) is 13.2 Å². The lowest BCUT2D eigenvalue weighted by Crippen LogP contribution is -2.32. The minimum absolute atomic E-state index is 0.147. The van der Waals surface area contributed by atoms with Gasteiger partial charge >= 0.3 is 12.3 Å². The first-order valence-electron chi connectivity index (χ1n) is 3.85. The van der Waals surface area contributed by atoms with Crippen molar-refractivity contribution in [3.8, 4) is 0 Å². The maximum Gasteiger partial charge on any atom is 0.422 e. The van der Waals surface area contributed by atoms with Crippen molar-refractivity contribution < 1.29 is 22.7 Å². The van der Waals surface area contributed by atoms with Crippen molar-refractivity contribution in [1.29, 1.82) is 0 Å². The molecule has 14 heavy (non-hydrogen) atoms. The number of amides is 1. The van der Waals surface area contributed by atoms with E-state index in [-0.39, 0.29) is 11.8 Å². The lowest BCUT2D eigenvalue weighted by atomic mass is 10.5. The Kier molecular flexibility index (Phi) is 5.75. The van der Waals surface area contributed by atoms with Gasteiger partial charge in [-0.1, -0.05) is 6.92 Å². The van der Waals surface area contributed by atoms with E-state index in [0.29, 0.717) is 0 Å². The van der Waals surface area contributed by atoms with E-state index in [0.717, 1.165) is 0 Å². The number of rotatable bonds is 4. The predicted octanol–water partition coefficient (Wildman–Crippen LogP) is 2.03. The zero-order valence-corrected chi connectivity index (χ0v) is 8.67. The minimum atomic E-state index is -4.47. The Bertz CT molecular complexity index is 186. The Hall–Kier alpha value is -0.590. The van der Waals surface area contributed by atoms with Gasteiger partial charge in [0.25, 0.3) is 0 Å². The largest absolute Gasteiger partial charge is 0.440 e. The van der Waals surface area contributed by atoms with Gasteiger partial charge in [-0.3, -0.25) is 0 Å². The average molecular weight is 231 g/mol. The van der Waals surface area contributed by atoms with Crippen LogP contribution < -0.4 is 5.32 Å². The third-order valence-electron chi connectivity index (χ3n) is 1.30. The molecule has 0 rings (SSSR count). The number of alkyl halides is 3. The summed E-state index contributed by atoms with van der Waals surface area (Å²) in [6, 6.07) is 0. The van der Waals surface area contributed by atoms with Crippen LogP contribution in [0, 0.1) is 0 Å². The maximum absolute atomic E-state index is 11.6. The molecule has 0 radical (unpaired) electrons. The van der Waals surface area contributed by atoms with Crippen LogP contribution in [0.3, 0.4) is 0 Å². The Morgan fingerprint density at radius 1 is 1.57 bits per heavy atom. The monoisotopic (exact) mass is 231 g/mol. The molecular weight excluding hydrogens is 219 g/mol. The summed E-state index contributed by atoms with van der Waals surface area (Å²) < 4.78 is 38.6. The second kappa shape index (κ2) is 6.00. The van der Waals surface area contributed by atoms with E-state index in [9.17, 15) is 18.0 Å². The summed E-state index contributed by atoms with van der Waals surface area (Å²) in [5.74, 6) is 0. The number of nitrogens with one attached hydrogen (secondary N) is 1. The lowest BCUT2D eigenvalue weighted by Gasteiger charge is -2.11. The van der Waals surface area contributed by atoms with E-state index < -0.39 is 18.9 Å². The summed E-state index contributed by atoms with van der Waals surface area (Å²) in [6.45, 7) is 0.582. The van der Waals surface area contributed by atoms with Gasteiger partial charge in [0.1, 0.15) is 0 Å². The molecule has 0 bridgehead atoms. The highest BCUT2D eigenvalue weighted by atomic mass is 32.2. The van der Waals surface area contributed by atoms with Gasteiger partial charge in [0.2, 0.25) is 0 Å². The fraction of sp³-hybridized carbons (Fsp3) is 0.857. The molecule has 0 aromatic rings. The van der Waals surface area contributed by atoms with E-state index in [2.05, 4.69) is 10.1 Å². The highest BCUT2D eigenvalue weighted by Crippen LogP contribution is 2.14.